The molecule has 1 N–H and O–H groups in total. The minimum atomic E-state index is -0.792. The summed E-state index contributed by atoms with van der Waals surface area (Å²) in [4.78, 5) is 17.4. The van der Waals surface area contributed by atoms with E-state index in [1.54, 1.807) is 0 Å². The molecule has 2 aliphatic rings. The Morgan fingerprint density at radius 1 is 0.974 bits per heavy atom. The molecule has 3 rings (SSSR count). The van der Waals surface area contributed by atoms with Crippen molar-refractivity contribution >= 4 is 17.0 Å². The first-order valence-electron chi connectivity index (χ1n) is 14.6. The Morgan fingerprint density at radius 3 is 1.97 bits per heavy atom. The number of likely N-dealkylation sites (tertiary alicyclic amines) is 1. The van der Waals surface area contributed by atoms with Crippen LogP contribution < -0.4 is 5.32 Å². The second kappa shape index (κ2) is 22.3. The molecule has 1 aromatic carbocycles. The molecular formula is C32H59ClN4O2. The van der Waals surface area contributed by atoms with Crippen molar-refractivity contribution in [2.24, 2.45) is 23.7 Å². The van der Waals surface area contributed by atoms with Crippen LogP contribution in [0.2, 0.25) is 0 Å². The molecule has 1 aromatic rings. The van der Waals surface area contributed by atoms with Gasteiger partial charge in [0.2, 0.25) is 0 Å². The van der Waals surface area contributed by atoms with Crippen molar-refractivity contribution in [3.8, 4) is 0 Å². The molecule has 2 fully saturated rings. The number of ether oxygens (including phenoxy) is 1. The molecule has 0 aliphatic carbocycles. The smallest absolute Gasteiger partial charge is 0.404 e. The van der Waals surface area contributed by atoms with E-state index in [9.17, 15) is 4.79 Å². The molecule has 4 unspecified atom stereocenters. The van der Waals surface area contributed by atoms with E-state index >= 15 is 0 Å². The Hall–Kier alpha value is -1.44. The zero-order valence-electron chi connectivity index (χ0n) is 25.0. The predicted molar refractivity (Wildman–Crippen MR) is 170 cm³/mol. The molecule has 2 saturated heterocycles. The second-order valence-electron chi connectivity index (χ2n) is 10.6. The SMILES string of the molecule is C.C=CCOC(=O)Cl.CCN(CC)CC1CN(Cc2ccccc2)CC1C.CCN(CC)CC1CNCC1C. The van der Waals surface area contributed by atoms with Crippen molar-refractivity contribution in [3.05, 3.63) is 48.6 Å². The number of carbonyl (C=O) groups excluding carboxylic acids is 1. The first kappa shape index (κ1) is 37.6. The summed E-state index contributed by atoms with van der Waals surface area (Å²) in [6.45, 7) is 30.6. The molecule has 0 aromatic heterocycles. The highest BCUT2D eigenvalue weighted by atomic mass is 35.5. The fraction of sp³-hybridized carbons (Fsp3) is 0.719. The van der Waals surface area contributed by atoms with Crippen molar-refractivity contribution in [1.29, 1.82) is 0 Å². The fourth-order valence-electron chi connectivity index (χ4n) is 5.21. The van der Waals surface area contributed by atoms with Crippen LogP contribution in [0.5, 0.6) is 0 Å². The molecule has 4 atom stereocenters. The summed E-state index contributed by atoms with van der Waals surface area (Å²) in [7, 11) is 0. The minimum absolute atomic E-state index is 0. The number of rotatable bonds is 12. The van der Waals surface area contributed by atoms with Gasteiger partial charge in [0, 0.05) is 44.3 Å². The lowest BCUT2D eigenvalue weighted by Gasteiger charge is -2.24. The van der Waals surface area contributed by atoms with Gasteiger partial charge < -0.3 is 19.9 Å². The van der Waals surface area contributed by atoms with Gasteiger partial charge in [0.05, 0.1) is 0 Å². The van der Waals surface area contributed by atoms with Gasteiger partial charge in [-0.1, -0.05) is 92.0 Å². The van der Waals surface area contributed by atoms with E-state index in [-0.39, 0.29) is 14.0 Å². The van der Waals surface area contributed by atoms with Crippen molar-refractivity contribution in [1.82, 2.24) is 20.0 Å². The van der Waals surface area contributed by atoms with Crippen LogP contribution in [0.15, 0.2) is 43.0 Å². The highest BCUT2D eigenvalue weighted by Gasteiger charge is 2.30. The normalized spacial score (nSPS) is 22.4. The summed E-state index contributed by atoms with van der Waals surface area (Å²) in [5.74, 6) is 3.41. The van der Waals surface area contributed by atoms with Crippen LogP contribution in [0.1, 0.15) is 54.5 Å². The molecule has 2 heterocycles. The highest BCUT2D eigenvalue weighted by Crippen LogP contribution is 2.25. The quantitative estimate of drug-likeness (QED) is 0.231. The number of nitrogens with one attached hydrogen (secondary N) is 1. The lowest BCUT2D eigenvalue weighted by Crippen LogP contribution is -2.32. The summed E-state index contributed by atoms with van der Waals surface area (Å²) < 4.78 is 4.20. The van der Waals surface area contributed by atoms with Gasteiger partial charge in [-0.15, -0.1) is 0 Å². The largest absolute Gasteiger partial charge is 0.449 e. The third-order valence-corrected chi connectivity index (χ3v) is 7.97. The van der Waals surface area contributed by atoms with E-state index in [1.165, 1.54) is 77.1 Å². The molecule has 0 amide bonds. The average Bonchev–Trinajstić information content (AvgIpc) is 3.49. The molecule has 7 heteroatoms. The second-order valence-corrected chi connectivity index (χ2v) is 10.9. The summed E-state index contributed by atoms with van der Waals surface area (Å²) in [5, 5.41) is 3.45. The highest BCUT2D eigenvalue weighted by molar-refractivity contribution is 6.61. The van der Waals surface area contributed by atoms with Crippen LogP contribution >= 0.6 is 11.6 Å². The van der Waals surface area contributed by atoms with Crippen molar-refractivity contribution in [3.63, 3.8) is 0 Å². The summed E-state index contributed by atoms with van der Waals surface area (Å²) in [5.41, 5.74) is 0.651. The molecule has 6 nitrogen and oxygen atoms in total. The number of hydrogen-bond donors (Lipinski definition) is 1. The number of nitrogens with zero attached hydrogens (tertiary/aromatic N) is 3. The molecule has 2 aliphatic heterocycles. The molecule has 39 heavy (non-hydrogen) atoms. The third kappa shape index (κ3) is 15.8. The van der Waals surface area contributed by atoms with E-state index in [4.69, 9.17) is 11.6 Å². The monoisotopic (exact) mass is 566 g/mol. The van der Waals surface area contributed by atoms with Crippen LogP contribution in [0.3, 0.4) is 0 Å². The number of halogens is 1. The van der Waals surface area contributed by atoms with E-state index < -0.39 is 5.43 Å². The standard InChI is InChI=1S/C17H28N2.C10H22N2.C4H5ClO2.CH4/c1-4-18(5-2)13-17-14-19(11-15(17)3)12-16-9-7-6-8-10-16;1-4-12(5-2)8-10-7-11-6-9(10)3;1-2-3-7-4(5)6;/h6-10,15,17H,4-5,11-14H2,1-3H3;9-11H,4-8H2,1-3H3;2H,1,3H2;1H4. The fourth-order valence-corrected chi connectivity index (χ4v) is 5.27. The van der Waals surface area contributed by atoms with Crippen LogP contribution in [0, 0.1) is 23.7 Å². The number of benzene rings is 1. The topological polar surface area (TPSA) is 48.1 Å². The maximum atomic E-state index is 9.70. The Kier molecular flexibility index (Phi) is 21.4. The molecule has 0 bridgehead atoms. The first-order chi connectivity index (χ1) is 18.3. The maximum absolute atomic E-state index is 9.70. The maximum Gasteiger partial charge on any atom is 0.404 e. The van der Waals surface area contributed by atoms with Crippen molar-refractivity contribution in [2.75, 3.05) is 72.1 Å². The van der Waals surface area contributed by atoms with Gasteiger partial charge in [-0.25, -0.2) is 4.79 Å². The van der Waals surface area contributed by atoms with Crippen molar-refractivity contribution in [2.45, 2.75) is 55.5 Å². The minimum Gasteiger partial charge on any atom is -0.449 e. The Labute approximate surface area is 246 Å². The van der Waals surface area contributed by atoms with Gasteiger partial charge in [-0.3, -0.25) is 4.90 Å². The zero-order chi connectivity index (χ0) is 28.3. The van der Waals surface area contributed by atoms with Crippen molar-refractivity contribution < 1.29 is 9.53 Å². The Bertz CT molecular complexity index is 743. The summed E-state index contributed by atoms with van der Waals surface area (Å²) in [6.07, 6.45) is 1.44. The van der Waals surface area contributed by atoms with E-state index in [0.717, 1.165) is 30.2 Å². The molecule has 226 valence electrons. The lowest BCUT2D eigenvalue weighted by atomic mass is 9.98. The third-order valence-electron chi connectivity index (χ3n) is 7.86. The van der Waals surface area contributed by atoms with E-state index in [0.29, 0.717) is 0 Å². The van der Waals surface area contributed by atoms with Gasteiger partial charge in [0.1, 0.15) is 6.61 Å². The van der Waals surface area contributed by atoms with Crippen LogP contribution in [-0.2, 0) is 11.3 Å². The van der Waals surface area contributed by atoms with Gasteiger partial charge in [0.25, 0.3) is 0 Å². The average molecular weight is 567 g/mol. The van der Waals surface area contributed by atoms with Crippen LogP contribution in [0.25, 0.3) is 0 Å². The zero-order valence-corrected chi connectivity index (χ0v) is 25.8. The Balaban J connectivity index is 0.000000620. The lowest BCUT2D eigenvalue weighted by molar-refractivity contribution is 0.186. The summed E-state index contributed by atoms with van der Waals surface area (Å²) in [6, 6.07) is 10.9. The van der Waals surface area contributed by atoms with E-state index in [1.807, 2.05) is 0 Å². The van der Waals surface area contributed by atoms with Crippen LogP contribution in [0.4, 0.5) is 4.79 Å². The number of carbonyl (C=O) groups is 1. The van der Waals surface area contributed by atoms with Gasteiger partial charge >= 0.3 is 5.43 Å². The van der Waals surface area contributed by atoms with Gasteiger partial charge in [0.15, 0.2) is 0 Å². The predicted octanol–water partition coefficient (Wildman–Crippen LogP) is 6.46. The first-order valence-corrected chi connectivity index (χ1v) is 15.0. The summed E-state index contributed by atoms with van der Waals surface area (Å²) >= 11 is 4.75. The van der Waals surface area contributed by atoms with Gasteiger partial charge in [-0.05, 0) is 68.5 Å². The molecule has 0 spiro atoms. The molecule has 0 saturated carbocycles. The molecular weight excluding hydrogens is 508 g/mol. The molecule has 0 radical (unpaired) electrons. The van der Waals surface area contributed by atoms with Crippen LogP contribution in [-0.4, -0.2) is 92.2 Å². The number of hydrogen-bond acceptors (Lipinski definition) is 6. The Morgan fingerprint density at radius 2 is 1.54 bits per heavy atom. The van der Waals surface area contributed by atoms with Gasteiger partial charge in [-0.2, -0.15) is 0 Å². The van der Waals surface area contributed by atoms with E-state index in [2.05, 4.69) is 103 Å².